The smallest absolute Gasteiger partial charge is 0.321 e. The first-order chi connectivity index (χ1) is 8.99. The van der Waals surface area contributed by atoms with E-state index in [2.05, 4.69) is 11.2 Å². The van der Waals surface area contributed by atoms with E-state index in [1.165, 1.54) is 0 Å². The minimum atomic E-state index is -3.54. The van der Waals surface area contributed by atoms with Gasteiger partial charge in [0.15, 0.2) is 0 Å². The van der Waals surface area contributed by atoms with E-state index in [1.807, 2.05) is 0 Å². The van der Waals surface area contributed by atoms with E-state index in [0.717, 1.165) is 17.1 Å². The van der Waals surface area contributed by atoms with E-state index in [0.29, 0.717) is 12.6 Å². The Balaban J connectivity index is 2.50. The second-order valence-corrected chi connectivity index (χ2v) is 6.41. The number of rotatable bonds is 9. The van der Waals surface area contributed by atoms with E-state index in [9.17, 15) is 13.2 Å². The summed E-state index contributed by atoms with van der Waals surface area (Å²) in [5, 5.41) is 3.11. The highest BCUT2D eigenvalue weighted by atomic mass is 32.2. The highest BCUT2D eigenvalue weighted by molar-refractivity contribution is 7.89. The molecule has 0 heterocycles. The van der Waals surface area contributed by atoms with Crippen LogP contribution in [0.1, 0.15) is 19.8 Å². The molecule has 108 valence electrons. The monoisotopic (exact) mass is 288 g/mol. The van der Waals surface area contributed by atoms with Gasteiger partial charge in [-0.2, -0.15) is 4.31 Å². The Morgan fingerprint density at radius 1 is 1.53 bits per heavy atom. The third kappa shape index (κ3) is 6.05. The van der Waals surface area contributed by atoms with Gasteiger partial charge in [-0.1, -0.05) is 5.92 Å². The molecular weight excluding hydrogens is 268 g/mol. The number of sulfonamides is 1. The standard InChI is InChI=1S/C12H20N2O4S/c1-3-8-14(10-12(15)18-4-2)19(16,17)9-7-13-11-5-6-11/h1,11,13H,4-10H2,2H3. The van der Waals surface area contributed by atoms with Gasteiger partial charge in [0.2, 0.25) is 10.0 Å². The van der Waals surface area contributed by atoms with E-state index < -0.39 is 16.0 Å². The number of carbonyl (C=O) groups excluding carboxylic acids is 1. The molecular formula is C12H20N2O4S. The normalized spacial score (nSPS) is 15.2. The average molecular weight is 288 g/mol. The van der Waals surface area contributed by atoms with Crippen LogP contribution in [0.25, 0.3) is 0 Å². The fourth-order valence-electron chi connectivity index (χ4n) is 1.51. The molecule has 1 fully saturated rings. The molecule has 1 aliphatic rings. The van der Waals surface area contributed by atoms with Gasteiger partial charge in [0.05, 0.1) is 18.9 Å². The van der Waals surface area contributed by atoms with Crippen LogP contribution in [0.4, 0.5) is 0 Å². The Bertz CT molecular complexity index is 437. The van der Waals surface area contributed by atoms with Gasteiger partial charge < -0.3 is 10.1 Å². The second-order valence-electron chi connectivity index (χ2n) is 4.32. The fraction of sp³-hybridized carbons (Fsp3) is 0.750. The maximum atomic E-state index is 12.0. The van der Waals surface area contributed by atoms with Crippen LogP contribution in [-0.2, 0) is 19.6 Å². The zero-order valence-corrected chi connectivity index (χ0v) is 11.9. The predicted octanol–water partition coefficient (Wildman–Crippen LogP) is -0.433. The molecule has 1 saturated carbocycles. The first-order valence-corrected chi connectivity index (χ1v) is 7.90. The number of ether oxygens (including phenoxy) is 1. The van der Waals surface area contributed by atoms with Gasteiger partial charge in [0.1, 0.15) is 6.54 Å². The maximum absolute atomic E-state index is 12.0. The second kappa shape index (κ2) is 7.48. The summed E-state index contributed by atoms with van der Waals surface area (Å²) in [5.74, 6) is 1.60. The van der Waals surface area contributed by atoms with Gasteiger partial charge in [-0.3, -0.25) is 4.79 Å². The Labute approximate surface area is 114 Å². The maximum Gasteiger partial charge on any atom is 0.321 e. The third-order valence-electron chi connectivity index (χ3n) is 2.64. The molecule has 6 nitrogen and oxygen atoms in total. The quantitative estimate of drug-likeness (QED) is 0.460. The van der Waals surface area contributed by atoms with Crippen LogP contribution < -0.4 is 5.32 Å². The molecule has 0 bridgehead atoms. The molecule has 0 aromatic rings. The molecule has 1 aliphatic carbocycles. The Morgan fingerprint density at radius 3 is 2.74 bits per heavy atom. The molecule has 0 aliphatic heterocycles. The molecule has 1 rings (SSSR count). The topological polar surface area (TPSA) is 75.7 Å². The molecule has 1 N–H and O–H groups in total. The van der Waals surface area contributed by atoms with Crippen molar-refractivity contribution >= 4 is 16.0 Å². The molecule has 7 heteroatoms. The van der Waals surface area contributed by atoms with E-state index in [1.54, 1.807) is 6.92 Å². The van der Waals surface area contributed by atoms with Crippen LogP contribution >= 0.6 is 0 Å². The lowest BCUT2D eigenvalue weighted by Gasteiger charge is -2.18. The SMILES string of the molecule is C#CCN(CC(=O)OCC)S(=O)(=O)CCNC1CC1. The molecule has 0 unspecified atom stereocenters. The van der Waals surface area contributed by atoms with E-state index in [-0.39, 0.29) is 25.4 Å². The van der Waals surface area contributed by atoms with Gasteiger partial charge in [-0.25, -0.2) is 8.42 Å². The summed E-state index contributed by atoms with van der Waals surface area (Å²) in [6.07, 6.45) is 7.33. The summed E-state index contributed by atoms with van der Waals surface area (Å²) >= 11 is 0. The van der Waals surface area contributed by atoms with Gasteiger partial charge in [-0.05, 0) is 19.8 Å². The summed E-state index contributed by atoms with van der Waals surface area (Å²) < 4.78 is 29.8. The summed E-state index contributed by atoms with van der Waals surface area (Å²) in [5.41, 5.74) is 0. The fourth-order valence-corrected chi connectivity index (χ4v) is 2.72. The van der Waals surface area contributed by atoms with E-state index in [4.69, 9.17) is 11.2 Å². The summed E-state index contributed by atoms with van der Waals surface area (Å²) in [6, 6.07) is 0.446. The Kier molecular flexibility index (Phi) is 6.28. The molecule has 0 spiro atoms. The summed E-state index contributed by atoms with van der Waals surface area (Å²) in [4.78, 5) is 11.4. The summed E-state index contributed by atoms with van der Waals surface area (Å²) in [7, 11) is -3.54. The van der Waals surface area contributed by atoms with Crippen LogP contribution in [0.3, 0.4) is 0 Å². The number of terminal acetylenes is 1. The molecule has 0 aromatic heterocycles. The lowest BCUT2D eigenvalue weighted by Crippen LogP contribution is -2.40. The van der Waals surface area contributed by atoms with Crippen molar-refractivity contribution in [3.05, 3.63) is 0 Å². The molecule has 19 heavy (non-hydrogen) atoms. The average Bonchev–Trinajstić information content (AvgIpc) is 3.12. The Morgan fingerprint density at radius 2 is 2.21 bits per heavy atom. The first kappa shape index (κ1) is 16.0. The lowest BCUT2D eigenvalue weighted by atomic mass is 10.6. The van der Waals surface area contributed by atoms with Crippen LogP contribution in [0, 0.1) is 12.3 Å². The van der Waals surface area contributed by atoms with Crippen molar-refractivity contribution in [1.82, 2.24) is 9.62 Å². The highest BCUT2D eigenvalue weighted by Gasteiger charge is 2.26. The van der Waals surface area contributed by atoms with Gasteiger partial charge in [0, 0.05) is 12.6 Å². The predicted molar refractivity (Wildman–Crippen MR) is 71.9 cm³/mol. The van der Waals surface area contributed by atoms with E-state index >= 15 is 0 Å². The number of carbonyl (C=O) groups is 1. The summed E-state index contributed by atoms with van der Waals surface area (Å²) in [6.45, 7) is 1.80. The van der Waals surface area contributed by atoms with Crippen LogP contribution in [0.2, 0.25) is 0 Å². The Hall–Kier alpha value is -1.10. The largest absolute Gasteiger partial charge is 0.465 e. The van der Waals surface area contributed by atoms with Crippen molar-refractivity contribution in [3.8, 4) is 12.3 Å². The van der Waals surface area contributed by atoms with Crippen LogP contribution in [-0.4, -0.2) is 56.7 Å². The van der Waals surface area contributed by atoms with Gasteiger partial charge in [0.25, 0.3) is 0 Å². The van der Waals surface area contributed by atoms with Crippen LogP contribution in [0.5, 0.6) is 0 Å². The zero-order valence-electron chi connectivity index (χ0n) is 11.1. The number of hydrogen-bond acceptors (Lipinski definition) is 5. The van der Waals surface area contributed by atoms with Crippen molar-refractivity contribution in [3.63, 3.8) is 0 Å². The third-order valence-corrected chi connectivity index (χ3v) is 4.41. The number of nitrogens with zero attached hydrogens (tertiary/aromatic N) is 1. The molecule has 0 radical (unpaired) electrons. The minimum Gasteiger partial charge on any atom is -0.465 e. The van der Waals surface area contributed by atoms with Crippen molar-refractivity contribution in [2.75, 3.05) is 32.0 Å². The zero-order chi connectivity index (χ0) is 14.3. The van der Waals surface area contributed by atoms with Crippen LogP contribution in [0.15, 0.2) is 0 Å². The number of hydrogen-bond donors (Lipinski definition) is 1. The number of nitrogens with one attached hydrogen (secondary N) is 1. The van der Waals surface area contributed by atoms with Gasteiger partial charge >= 0.3 is 5.97 Å². The lowest BCUT2D eigenvalue weighted by molar-refractivity contribution is -0.143. The first-order valence-electron chi connectivity index (χ1n) is 6.30. The molecule has 0 saturated heterocycles. The molecule has 0 atom stereocenters. The van der Waals surface area contributed by atoms with Crippen molar-refractivity contribution in [2.24, 2.45) is 0 Å². The highest BCUT2D eigenvalue weighted by Crippen LogP contribution is 2.18. The van der Waals surface area contributed by atoms with Crippen molar-refractivity contribution in [2.45, 2.75) is 25.8 Å². The number of esters is 1. The minimum absolute atomic E-state index is 0.0649. The van der Waals surface area contributed by atoms with Crippen molar-refractivity contribution < 1.29 is 17.9 Å². The molecule has 0 amide bonds. The van der Waals surface area contributed by atoms with Gasteiger partial charge in [-0.15, -0.1) is 6.42 Å². The molecule has 0 aromatic carbocycles. The van der Waals surface area contributed by atoms with Crippen molar-refractivity contribution in [1.29, 1.82) is 0 Å².